The Morgan fingerprint density at radius 1 is 0.970 bits per heavy atom. The van der Waals surface area contributed by atoms with Crippen molar-refractivity contribution in [2.24, 2.45) is 22.7 Å². The van der Waals surface area contributed by atoms with Crippen LogP contribution in [-0.4, -0.2) is 12.6 Å². The van der Waals surface area contributed by atoms with Crippen LogP contribution in [0.2, 0.25) is 0 Å². The van der Waals surface area contributed by atoms with Crippen molar-refractivity contribution in [3.8, 4) is 0 Å². The second-order valence-electron chi connectivity index (χ2n) is 13.0. The van der Waals surface area contributed by atoms with E-state index in [2.05, 4.69) is 91.7 Å². The third-order valence-corrected chi connectivity index (χ3v) is 11.7. The minimum atomic E-state index is 0.123. The molecule has 4 aliphatic carbocycles. The van der Waals surface area contributed by atoms with Gasteiger partial charge in [-0.15, -0.1) is 0 Å². The normalized spacial score (nSPS) is 41.9. The van der Waals surface area contributed by atoms with Gasteiger partial charge < -0.3 is 5.32 Å². The number of hydrogen-bond donors (Lipinski definition) is 1. The Morgan fingerprint density at radius 3 is 2.39 bits per heavy atom. The van der Waals surface area contributed by atoms with Crippen LogP contribution in [0.3, 0.4) is 0 Å². The van der Waals surface area contributed by atoms with Crippen LogP contribution in [0, 0.1) is 36.5 Å². The van der Waals surface area contributed by atoms with Gasteiger partial charge in [0.1, 0.15) is 0 Å². The van der Waals surface area contributed by atoms with Gasteiger partial charge in [0.15, 0.2) is 0 Å². The average molecular weight is 444 g/mol. The van der Waals surface area contributed by atoms with Gasteiger partial charge in [0.05, 0.1) is 0 Å². The molecule has 0 aromatic heterocycles. The van der Waals surface area contributed by atoms with Crippen LogP contribution in [0.5, 0.6) is 0 Å². The Balaban J connectivity index is 1.68. The summed E-state index contributed by atoms with van der Waals surface area (Å²) in [6.07, 6.45) is 15.2. The van der Waals surface area contributed by atoms with Crippen molar-refractivity contribution < 1.29 is 0 Å². The van der Waals surface area contributed by atoms with Gasteiger partial charge in [0.25, 0.3) is 0 Å². The maximum atomic E-state index is 4.42. The minimum absolute atomic E-state index is 0.123. The third-order valence-electron chi connectivity index (χ3n) is 11.7. The van der Waals surface area contributed by atoms with Gasteiger partial charge >= 0.3 is 0 Å². The van der Waals surface area contributed by atoms with E-state index in [1.807, 2.05) is 0 Å². The molecule has 0 radical (unpaired) electrons. The Kier molecular flexibility index (Phi) is 5.05. The monoisotopic (exact) mass is 443 g/mol. The average Bonchev–Trinajstić information content (AvgIpc) is 2.91. The molecular formula is C32H45N. The molecule has 1 aromatic rings. The van der Waals surface area contributed by atoms with Gasteiger partial charge in [-0.3, -0.25) is 0 Å². The Morgan fingerprint density at radius 2 is 1.70 bits per heavy atom. The lowest BCUT2D eigenvalue weighted by Crippen LogP contribution is -2.60. The van der Waals surface area contributed by atoms with Crippen molar-refractivity contribution in [1.82, 2.24) is 5.32 Å². The maximum absolute atomic E-state index is 4.42. The first-order valence-electron chi connectivity index (χ1n) is 13.3. The fourth-order valence-electron chi connectivity index (χ4n) is 8.65. The largest absolute Gasteiger partial charge is 0.314 e. The highest BCUT2D eigenvalue weighted by Crippen LogP contribution is 2.70. The van der Waals surface area contributed by atoms with Gasteiger partial charge in [-0.1, -0.05) is 62.8 Å². The number of hydrogen-bond acceptors (Lipinski definition) is 1. The van der Waals surface area contributed by atoms with Gasteiger partial charge in [-0.05, 0) is 123 Å². The van der Waals surface area contributed by atoms with E-state index in [1.54, 1.807) is 11.1 Å². The summed E-state index contributed by atoms with van der Waals surface area (Å²) < 4.78 is 0. The predicted molar refractivity (Wildman–Crippen MR) is 143 cm³/mol. The van der Waals surface area contributed by atoms with E-state index in [4.69, 9.17) is 0 Å². The standard InChI is InChI=1S/C32H45N/c1-20-12-14-29(5,33-9)19-27-24(20)13-15-32(8)28-11-10-25-23(4)22(3)21(2)18-26(25)30(28,6)16-17-31(27,32)7/h10-12,18,24,27,33H,2,13-17,19H2,1,3-9H3/t24?,27?,29?,30?,31-,32?/m0/s1. The summed E-state index contributed by atoms with van der Waals surface area (Å²) in [6, 6.07) is 2.43. The number of nitrogens with one attached hydrogen (secondary N) is 1. The Hall–Kier alpha value is -1.60. The maximum Gasteiger partial charge on any atom is 0.0187 e. The summed E-state index contributed by atoms with van der Waals surface area (Å²) in [4.78, 5) is 0. The first kappa shape index (κ1) is 23.2. The highest BCUT2D eigenvalue weighted by atomic mass is 14.9. The molecule has 2 fully saturated rings. The molecule has 178 valence electrons. The zero-order chi connectivity index (χ0) is 24.0. The van der Waals surface area contributed by atoms with Crippen LogP contribution in [0.1, 0.15) is 89.8 Å². The molecule has 0 bridgehead atoms. The molecule has 0 saturated heterocycles. The molecule has 5 rings (SSSR count). The smallest absolute Gasteiger partial charge is 0.0187 e. The highest BCUT2D eigenvalue weighted by molar-refractivity contribution is 5.59. The molecule has 0 aliphatic heterocycles. The molecule has 1 aromatic carbocycles. The van der Waals surface area contributed by atoms with Crippen LogP contribution < -0.4 is 15.8 Å². The third kappa shape index (κ3) is 2.94. The lowest BCUT2D eigenvalue weighted by molar-refractivity contribution is -0.0845. The van der Waals surface area contributed by atoms with E-state index in [0.717, 1.165) is 18.3 Å². The zero-order valence-electron chi connectivity index (χ0n) is 22.4. The van der Waals surface area contributed by atoms with Crippen LogP contribution >= 0.6 is 0 Å². The van der Waals surface area contributed by atoms with Gasteiger partial charge in [0.2, 0.25) is 0 Å². The molecule has 1 nitrogen and oxygen atoms in total. The fraction of sp³-hybridized carbons (Fsp3) is 0.625. The summed E-state index contributed by atoms with van der Waals surface area (Å²) in [7, 11) is 2.17. The van der Waals surface area contributed by atoms with Gasteiger partial charge in [-0.2, -0.15) is 0 Å². The molecule has 6 atom stereocenters. The van der Waals surface area contributed by atoms with Crippen molar-refractivity contribution >= 4 is 12.7 Å². The van der Waals surface area contributed by atoms with Gasteiger partial charge in [-0.25, -0.2) is 0 Å². The molecule has 5 unspecified atom stereocenters. The van der Waals surface area contributed by atoms with Crippen LogP contribution in [0.25, 0.3) is 12.7 Å². The highest BCUT2D eigenvalue weighted by Gasteiger charge is 2.63. The van der Waals surface area contributed by atoms with Crippen LogP contribution in [0.4, 0.5) is 0 Å². The second-order valence-corrected chi connectivity index (χ2v) is 13.0. The van der Waals surface area contributed by atoms with Gasteiger partial charge in [0, 0.05) is 11.0 Å². The SMILES string of the molecule is C=c1cc2c(c(C)c1C)=CC=C1C2(C)CC[C@@]2(C)C3CC(C)(NC)CC=C(C)C3CCC12C. The lowest BCUT2D eigenvalue weighted by atomic mass is 9.38. The molecule has 0 spiro atoms. The number of benzene rings is 1. The number of rotatable bonds is 1. The molecule has 1 heteroatoms. The van der Waals surface area contributed by atoms with E-state index in [0.29, 0.717) is 5.41 Å². The quantitative estimate of drug-likeness (QED) is 0.506. The first-order valence-corrected chi connectivity index (χ1v) is 13.3. The van der Waals surface area contributed by atoms with Crippen molar-refractivity contribution in [3.05, 3.63) is 56.5 Å². The Bertz CT molecular complexity index is 1180. The van der Waals surface area contributed by atoms with Crippen LogP contribution in [-0.2, 0) is 5.41 Å². The summed E-state index contributed by atoms with van der Waals surface area (Å²) in [5.41, 5.74) is 8.53. The summed E-state index contributed by atoms with van der Waals surface area (Å²) in [6.45, 7) is 21.7. The first-order chi connectivity index (χ1) is 15.4. The lowest BCUT2D eigenvalue weighted by Gasteiger charge is -2.66. The van der Waals surface area contributed by atoms with Crippen molar-refractivity contribution in [1.29, 1.82) is 0 Å². The molecular weight excluding hydrogens is 398 g/mol. The molecule has 33 heavy (non-hydrogen) atoms. The molecule has 0 heterocycles. The molecule has 0 amide bonds. The zero-order valence-corrected chi connectivity index (χ0v) is 22.4. The van der Waals surface area contributed by atoms with Crippen molar-refractivity contribution in [3.63, 3.8) is 0 Å². The van der Waals surface area contributed by atoms with E-state index < -0.39 is 0 Å². The van der Waals surface area contributed by atoms with Crippen molar-refractivity contribution in [2.75, 3.05) is 7.05 Å². The summed E-state index contributed by atoms with van der Waals surface area (Å²) in [5.74, 6) is 1.46. The Labute approximate surface area is 202 Å². The summed E-state index contributed by atoms with van der Waals surface area (Å²) in [5, 5.41) is 6.39. The summed E-state index contributed by atoms with van der Waals surface area (Å²) >= 11 is 0. The van der Waals surface area contributed by atoms with Crippen molar-refractivity contribution in [2.45, 2.75) is 97.9 Å². The fourth-order valence-corrected chi connectivity index (χ4v) is 8.65. The minimum Gasteiger partial charge on any atom is -0.314 e. The van der Waals surface area contributed by atoms with E-state index >= 15 is 0 Å². The van der Waals surface area contributed by atoms with E-state index in [-0.39, 0.29) is 16.4 Å². The van der Waals surface area contributed by atoms with Crippen LogP contribution in [0.15, 0.2) is 29.4 Å². The molecule has 2 saturated carbocycles. The van der Waals surface area contributed by atoms with E-state index in [9.17, 15) is 0 Å². The predicted octanol–water partition coefficient (Wildman–Crippen LogP) is 6.24. The molecule has 4 aliphatic rings. The topological polar surface area (TPSA) is 12.0 Å². The van der Waals surface area contributed by atoms with E-state index in [1.165, 1.54) is 59.2 Å². The second kappa shape index (κ2) is 7.20. The number of fused-ring (bicyclic) bond motifs is 7. The molecule has 1 N–H and O–H groups in total. The number of allylic oxidation sites excluding steroid dienone is 3.